The first-order valence-corrected chi connectivity index (χ1v) is 6.35. The van der Waals surface area contributed by atoms with Gasteiger partial charge in [0.05, 0.1) is 13.0 Å². The van der Waals surface area contributed by atoms with Crippen molar-refractivity contribution in [3.63, 3.8) is 0 Å². The van der Waals surface area contributed by atoms with Crippen LogP contribution in [0.2, 0.25) is 0 Å². The number of carbonyl (C=O) groups is 1. The molecule has 0 aliphatic rings. The number of ether oxygens (including phenoxy) is 1. The maximum Gasteiger partial charge on any atom is 0.224 e. The lowest BCUT2D eigenvalue weighted by Gasteiger charge is -2.08. The topological polar surface area (TPSA) is 64.3 Å². The zero-order valence-electron chi connectivity index (χ0n) is 11.1. The van der Waals surface area contributed by atoms with E-state index in [1.807, 2.05) is 38.1 Å². The van der Waals surface area contributed by atoms with Crippen LogP contribution in [-0.2, 0) is 11.2 Å². The number of hydrogen-bond donors (Lipinski definition) is 2. The Morgan fingerprint density at radius 2 is 2.06 bits per heavy atom. The van der Waals surface area contributed by atoms with E-state index >= 15 is 0 Å². The second kappa shape index (κ2) is 7.71. The van der Waals surface area contributed by atoms with Crippen LogP contribution in [0.15, 0.2) is 24.3 Å². The van der Waals surface area contributed by atoms with Crippen LogP contribution in [0, 0.1) is 0 Å². The van der Waals surface area contributed by atoms with Crippen LogP contribution in [0.1, 0.15) is 25.8 Å². The molecule has 0 spiro atoms. The number of rotatable bonds is 7. The molecule has 0 heterocycles. The lowest BCUT2D eigenvalue weighted by Crippen LogP contribution is -2.29. The molecule has 4 heteroatoms. The van der Waals surface area contributed by atoms with Crippen molar-refractivity contribution in [1.82, 2.24) is 5.32 Å². The SMILES string of the molecule is CCOc1ccc(CC(=O)NCCC(C)N)cc1. The molecule has 100 valence electrons. The van der Waals surface area contributed by atoms with Crippen LogP contribution >= 0.6 is 0 Å². The molecule has 18 heavy (non-hydrogen) atoms. The van der Waals surface area contributed by atoms with E-state index in [2.05, 4.69) is 5.32 Å². The van der Waals surface area contributed by atoms with E-state index in [0.29, 0.717) is 19.6 Å². The molecule has 3 N–H and O–H groups in total. The Hall–Kier alpha value is -1.55. The third-order valence-electron chi connectivity index (χ3n) is 2.52. The fraction of sp³-hybridized carbons (Fsp3) is 0.500. The number of benzene rings is 1. The molecule has 0 saturated carbocycles. The van der Waals surface area contributed by atoms with Gasteiger partial charge in [-0.05, 0) is 38.0 Å². The Morgan fingerprint density at radius 1 is 1.39 bits per heavy atom. The molecule has 0 bridgehead atoms. The third kappa shape index (κ3) is 5.68. The fourth-order valence-electron chi connectivity index (χ4n) is 1.56. The molecule has 1 atom stereocenters. The Morgan fingerprint density at radius 3 is 2.61 bits per heavy atom. The number of amides is 1. The number of nitrogens with one attached hydrogen (secondary N) is 1. The molecule has 4 nitrogen and oxygen atoms in total. The van der Waals surface area contributed by atoms with Gasteiger partial charge in [0.25, 0.3) is 0 Å². The normalized spacial score (nSPS) is 11.9. The number of nitrogens with two attached hydrogens (primary N) is 1. The standard InChI is InChI=1S/C14H22N2O2/c1-3-18-13-6-4-12(5-7-13)10-14(17)16-9-8-11(2)15/h4-7,11H,3,8-10,15H2,1-2H3,(H,16,17). The predicted octanol–water partition coefficient (Wildman–Crippen LogP) is 1.48. The zero-order chi connectivity index (χ0) is 13.4. The summed E-state index contributed by atoms with van der Waals surface area (Å²) in [7, 11) is 0. The Kier molecular flexibility index (Phi) is 6.22. The van der Waals surface area contributed by atoms with Crippen LogP contribution < -0.4 is 15.8 Å². The minimum absolute atomic E-state index is 0.0276. The van der Waals surface area contributed by atoms with Crippen molar-refractivity contribution in [2.45, 2.75) is 32.7 Å². The predicted molar refractivity (Wildman–Crippen MR) is 72.6 cm³/mol. The Balaban J connectivity index is 2.35. The van der Waals surface area contributed by atoms with Crippen molar-refractivity contribution >= 4 is 5.91 Å². The first-order valence-electron chi connectivity index (χ1n) is 6.35. The van der Waals surface area contributed by atoms with Gasteiger partial charge in [-0.1, -0.05) is 12.1 Å². The molecule has 0 aliphatic carbocycles. The van der Waals surface area contributed by atoms with Gasteiger partial charge in [0, 0.05) is 12.6 Å². The van der Waals surface area contributed by atoms with Gasteiger partial charge in [-0.15, -0.1) is 0 Å². The zero-order valence-corrected chi connectivity index (χ0v) is 11.1. The maximum atomic E-state index is 11.6. The van der Waals surface area contributed by atoms with Crippen molar-refractivity contribution in [2.75, 3.05) is 13.2 Å². The average molecular weight is 250 g/mol. The van der Waals surface area contributed by atoms with Crippen LogP contribution in [0.5, 0.6) is 5.75 Å². The van der Waals surface area contributed by atoms with Gasteiger partial charge in [-0.25, -0.2) is 0 Å². The molecule has 1 amide bonds. The van der Waals surface area contributed by atoms with Crippen molar-refractivity contribution in [3.8, 4) is 5.75 Å². The molecule has 1 unspecified atom stereocenters. The van der Waals surface area contributed by atoms with Crippen molar-refractivity contribution in [1.29, 1.82) is 0 Å². The Labute approximate surface area is 109 Å². The summed E-state index contributed by atoms with van der Waals surface area (Å²) in [6.07, 6.45) is 1.19. The van der Waals surface area contributed by atoms with Gasteiger partial charge in [0.2, 0.25) is 5.91 Å². The summed E-state index contributed by atoms with van der Waals surface area (Å²) < 4.78 is 5.34. The molecule has 1 aromatic rings. The minimum atomic E-state index is 0.0276. The molecule has 0 aromatic heterocycles. The van der Waals surface area contributed by atoms with Gasteiger partial charge >= 0.3 is 0 Å². The minimum Gasteiger partial charge on any atom is -0.494 e. The summed E-state index contributed by atoms with van der Waals surface area (Å²) in [5.74, 6) is 0.860. The highest BCUT2D eigenvalue weighted by molar-refractivity contribution is 5.78. The summed E-state index contributed by atoms with van der Waals surface area (Å²) in [5.41, 5.74) is 6.59. The van der Waals surface area contributed by atoms with Crippen molar-refractivity contribution in [3.05, 3.63) is 29.8 Å². The van der Waals surface area contributed by atoms with Gasteiger partial charge in [0.1, 0.15) is 5.75 Å². The fourth-order valence-corrected chi connectivity index (χ4v) is 1.56. The second-order valence-corrected chi connectivity index (χ2v) is 4.37. The van der Waals surface area contributed by atoms with Crippen molar-refractivity contribution < 1.29 is 9.53 Å². The second-order valence-electron chi connectivity index (χ2n) is 4.37. The van der Waals surface area contributed by atoms with Crippen molar-refractivity contribution in [2.24, 2.45) is 5.73 Å². The van der Waals surface area contributed by atoms with Crippen LogP contribution in [0.3, 0.4) is 0 Å². The van der Waals surface area contributed by atoms with E-state index in [-0.39, 0.29) is 11.9 Å². The van der Waals surface area contributed by atoms with E-state index in [1.165, 1.54) is 0 Å². The van der Waals surface area contributed by atoms with E-state index in [0.717, 1.165) is 17.7 Å². The van der Waals surface area contributed by atoms with E-state index in [4.69, 9.17) is 10.5 Å². The molecule has 1 aromatic carbocycles. The first kappa shape index (κ1) is 14.5. The van der Waals surface area contributed by atoms with Gasteiger partial charge < -0.3 is 15.8 Å². The first-order chi connectivity index (χ1) is 8.61. The molecule has 0 fully saturated rings. The highest BCUT2D eigenvalue weighted by atomic mass is 16.5. The molecular formula is C14H22N2O2. The lowest BCUT2D eigenvalue weighted by atomic mass is 10.1. The summed E-state index contributed by atoms with van der Waals surface area (Å²) >= 11 is 0. The molecule has 0 radical (unpaired) electrons. The monoisotopic (exact) mass is 250 g/mol. The van der Waals surface area contributed by atoms with E-state index in [9.17, 15) is 4.79 Å². The number of hydrogen-bond acceptors (Lipinski definition) is 3. The van der Waals surface area contributed by atoms with Crippen LogP contribution in [0.25, 0.3) is 0 Å². The quantitative estimate of drug-likeness (QED) is 0.770. The van der Waals surface area contributed by atoms with E-state index < -0.39 is 0 Å². The smallest absolute Gasteiger partial charge is 0.224 e. The van der Waals surface area contributed by atoms with Gasteiger partial charge in [-0.3, -0.25) is 4.79 Å². The lowest BCUT2D eigenvalue weighted by molar-refractivity contribution is -0.120. The average Bonchev–Trinajstić information content (AvgIpc) is 2.31. The van der Waals surface area contributed by atoms with Crippen LogP contribution in [0.4, 0.5) is 0 Å². The number of carbonyl (C=O) groups excluding carboxylic acids is 1. The van der Waals surface area contributed by atoms with Crippen LogP contribution in [-0.4, -0.2) is 25.1 Å². The molecule has 0 aliphatic heterocycles. The third-order valence-corrected chi connectivity index (χ3v) is 2.52. The van der Waals surface area contributed by atoms with Gasteiger partial charge in [0.15, 0.2) is 0 Å². The van der Waals surface area contributed by atoms with E-state index in [1.54, 1.807) is 0 Å². The largest absolute Gasteiger partial charge is 0.494 e. The maximum absolute atomic E-state index is 11.6. The van der Waals surface area contributed by atoms with Gasteiger partial charge in [-0.2, -0.15) is 0 Å². The highest BCUT2D eigenvalue weighted by Gasteiger charge is 2.03. The Bertz CT molecular complexity index is 361. The molecule has 1 rings (SSSR count). The summed E-state index contributed by atoms with van der Waals surface area (Å²) in [6, 6.07) is 7.71. The summed E-state index contributed by atoms with van der Waals surface area (Å²) in [4.78, 5) is 11.6. The molecule has 0 saturated heterocycles. The molecular weight excluding hydrogens is 228 g/mol. The summed E-state index contributed by atoms with van der Waals surface area (Å²) in [5, 5.41) is 2.85. The summed E-state index contributed by atoms with van der Waals surface area (Å²) in [6.45, 7) is 5.16. The highest BCUT2D eigenvalue weighted by Crippen LogP contribution is 2.12.